The van der Waals surface area contributed by atoms with Gasteiger partial charge in [-0.15, -0.1) is 0 Å². The maximum atomic E-state index is 14.1. The summed E-state index contributed by atoms with van der Waals surface area (Å²) in [5, 5.41) is 8.99. The first kappa shape index (κ1) is 40.5. The van der Waals surface area contributed by atoms with Gasteiger partial charge in [0.15, 0.2) is 6.61 Å². The standard InChI is InChI=1S/C44H56N2O8S/c1-30(2)35-24-32(5)41(38(26-35)52-29-40(47)48)42-37(31(3)4)27-44(39(54-42)25-33-12-8-6-9-13-33)18-22-46(23-19-44)55(50,51)36-16-20-45(21-17-36)43(49)53-28-34-14-10-7-11-15-34/h6-15,24,26,30,36-37,39,42H,3,16-23,25,27-29H2,1-2,4-5H3,(H,47,48)/t37-,39+,42+/m0/s1. The fourth-order valence-corrected chi connectivity index (χ4v) is 10.6. The van der Waals surface area contributed by atoms with E-state index in [1.165, 1.54) is 0 Å². The van der Waals surface area contributed by atoms with Crippen LogP contribution in [0.4, 0.5) is 4.79 Å². The second kappa shape index (κ2) is 17.3. The van der Waals surface area contributed by atoms with Crippen molar-refractivity contribution >= 4 is 22.1 Å². The van der Waals surface area contributed by atoms with Crippen LogP contribution in [-0.4, -0.2) is 78.9 Å². The lowest BCUT2D eigenvalue weighted by molar-refractivity contribution is -0.166. The van der Waals surface area contributed by atoms with Crippen LogP contribution in [0.1, 0.15) is 92.7 Å². The van der Waals surface area contributed by atoms with E-state index in [0.717, 1.165) is 39.8 Å². The number of ether oxygens (including phenoxy) is 3. The number of carboxylic acid groups (broad SMARTS) is 1. The molecule has 6 rings (SSSR count). The predicted octanol–water partition coefficient (Wildman–Crippen LogP) is 8.06. The van der Waals surface area contributed by atoms with Crippen molar-refractivity contribution in [2.24, 2.45) is 11.3 Å². The Morgan fingerprint density at radius 3 is 2.16 bits per heavy atom. The molecular weight excluding hydrogens is 717 g/mol. The van der Waals surface area contributed by atoms with E-state index in [-0.39, 0.29) is 30.0 Å². The second-order valence-corrected chi connectivity index (χ2v) is 18.2. The molecule has 3 saturated heterocycles. The fraction of sp³-hybridized carbons (Fsp3) is 0.500. The molecule has 3 aliphatic rings. The Hall–Kier alpha value is -4.19. The lowest BCUT2D eigenvalue weighted by Gasteiger charge is -2.54. The zero-order valence-electron chi connectivity index (χ0n) is 32.6. The molecule has 3 atom stereocenters. The van der Waals surface area contributed by atoms with E-state index in [9.17, 15) is 23.1 Å². The molecule has 1 N–H and O–H groups in total. The van der Waals surface area contributed by atoms with Gasteiger partial charge in [0.05, 0.1) is 17.5 Å². The summed E-state index contributed by atoms with van der Waals surface area (Å²) in [5.41, 5.74) is 5.57. The first-order valence-corrected chi connectivity index (χ1v) is 21.1. The van der Waals surface area contributed by atoms with Gasteiger partial charge in [-0.2, -0.15) is 0 Å². The van der Waals surface area contributed by atoms with Gasteiger partial charge in [0.1, 0.15) is 12.4 Å². The molecule has 3 fully saturated rings. The molecule has 0 unspecified atom stereocenters. The lowest BCUT2D eigenvalue weighted by atomic mass is 9.63. The van der Waals surface area contributed by atoms with Crippen LogP contribution in [0.5, 0.6) is 5.75 Å². The Morgan fingerprint density at radius 1 is 0.964 bits per heavy atom. The minimum Gasteiger partial charge on any atom is -0.482 e. The van der Waals surface area contributed by atoms with Crippen LogP contribution in [0.25, 0.3) is 0 Å². The molecule has 296 valence electrons. The van der Waals surface area contributed by atoms with Crippen LogP contribution in [0.3, 0.4) is 0 Å². The Balaban J connectivity index is 1.20. The van der Waals surface area contributed by atoms with E-state index in [4.69, 9.17) is 14.2 Å². The molecule has 0 aromatic heterocycles. The Labute approximate surface area is 326 Å². The van der Waals surface area contributed by atoms with Gasteiger partial charge in [0.25, 0.3) is 0 Å². The number of carbonyl (C=O) groups excluding carboxylic acids is 1. The van der Waals surface area contributed by atoms with E-state index in [1.54, 1.807) is 9.21 Å². The highest BCUT2D eigenvalue weighted by atomic mass is 32.2. The van der Waals surface area contributed by atoms with Gasteiger partial charge >= 0.3 is 12.1 Å². The van der Waals surface area contributed by atoms with Crippen LogP contribution in [0.15, 0.2) is 84.9 Å². The summed E-state index contributed by atoms with van der Waals surface area (Å²) < 4.78 is 48.7. The fourth-order valence-electron chi connectivity index (χ4n) is 8.71. The van der Waals surface area contributed by atoms with Crippen molar-refractivity contribution in [2.45, 2.75) is 96.2 Å². The van der Waals surface area contributed by atoms with Crippen molar-refractivity contribution in [1.29, 1.82) is 0 Å². The zero-order valence-corrected chi connectivity index (χ0v) is 33.4. The van der Waals surface area contributed by atoms with Gasteiger partial charge in [-0.05, 0) is 86.6 Å². The monoisotopic (exact) mass is 772 g/mol. The van der Waals surface area contributed by atoms with Crippen molar-refractivity contribution in [2.75, 3.05) is 32.8 Å². The SMILES string of the molecule is C=C(C)[C@@H]1CC2(CCN(S(=O)(=O)C3CCN(C(=O)OCc4ccccc4)CC3)CC2)[C@@H](Cc2ccccc2)O[C@H]1c1c(C)cc(C(C)C)cc1OCC(=O)O. The van der Waals surface area contributed by atoms with Gasteiger partial charge in [0, 0.05) is 43.1 Å². The normalized spacial score (nSPS) is 22.1. The highest BCUT2D eigenvalue weighted by molar-refractivity contribution is 7.89. The van der Waals surface area contributed by atoms with Gasteiger partial charge < -0.3 is 24.2 Å². The molecule has 0 aliphatic carbocycles. The number of carbonyl (C=O) groups is 2. The molecule has 3 aromatic carbocycles. The summed E-state index contributed by atoms with van der Waals surface area (Å²) in [5.74, 6) is -0.409. The molecule has 0 radical (unpaired) electrons. The minimum absolute atomic E-state index is 0.100. The van der Waals surface area contributed by atoms with Gasteiger partial charge in [-0.3, -0.25) is 0 Å². The van der Waals surface area contributed by atoms with Gasteiger partial charge in [-0.25, -0.2) is 22.3 Å². The number of rotatable bonds is 12. The van der Waals surface area contributed by atoms with Crippen LogP contribution in [-0.2, 0) is 37.3 Å². The molecule has 3 heterocycles. The number of sulfonamides is 1. The third-order valence-electron chi connectivity index (χ3n) is 12.0. The number of benzene rings is 3. The first-order valence-electron chi connectivity index (χ1n) is 19.6. The predicted molar refractivity (Wildman–Crippen MR) is 212 cm³/mol. The lowest BCUT2D eigenvalue weighted by Crippen LogP contribution is -2.55. The average Bonchev–Trinajstić information content (AvgIpc) is 3.17. The smallest absolute Gasteiger partial charge is 0.410 e. The highest BCUT2D eigenvalue weighted by Crippen LogP contribution is 2.55. The summed E-state index contributed by atoms with van der Waals surface area (Å²) in [4.78, 5) is 26.1. The molecule has 1 spiro atoms. The van der Waals surface area contributed by atoms with Crippen LogP contribution < -0.4 is 4.74 Å². The zero-order chi connectivity index (χ0) is 39.3. The van der Waals surface area contributed by atoms with E-state index >= 15 is 0 Å². The number of aliphatic carboxylic acids is 1. The largest absolute Gasteiger partial charge is 0.482 e. The van der Waals surface area contributed by atoms with E-state index in [2.05, 4.69) is 38.6 Å². The first-order chi connectivity index (χ1) is 26.3. The summed E-state index contributed by atoms with van der Waals surface area (Å²) in [6.45, 7) is 13.8. The van der Waals surface area contributed by atoms with E-state index < -0.39 is 40.0 Å². The number of amides is 1. The molecule has 3 aliphatic heterocycles. The number of aryl methyl sites for hydroxylation is 1. The quantitative estimate of drug-likeness (QED) is 0.184. The van der Waals surface area contributed by atoms with Crippen molar-refractivity contribution in [1.82, 2.24) is 9.21 Å². The molecule has 1 amide bonds. The molecular formula is C44H56N2O8S. The Morgan fingerprint density at radius 2 is 1.58 bits per heavy atom. The van der Waals surface area contributed by atoms with Gasteiger partial charge in [-0.1, -0.05) is 92.7 Å². The van der Waals surface area contributed by atoms with Crippen LogP contribution >= 0.6 is 0 Å². The van der Waals surface area contributed by atoms with Crippen molar-refractivity contribution in [3.63, 3.8) is 0 Å². The van der Waals surface area contributed by atoms with E-state index in [1.807, 2.05) is 68.4 Å². The second-order valence-electron chi connectivity index (χ2n) is 16.0. The Bertz CT molecular complexity index is 1920. The van der Waals surface area contributed by atoms with Crippen molar-refractivity contribution in [3.05, 3.63) is 113 Å². The maximum absolute atomic E-state index is 14.1. The summed E-state index contributed by atoms with van der Waals surface area (Å²) in [6.07, 6.45) is 2.34. The average molecular weight is 773 g/mol. The maximum Gasteiger partial charge on any atom is 0.410 e. The molecule has 3 aromatic rings. The van der Waals surface area contributed by atoms with Crippen LogP contribution in [0.2, 0.25) is 0 Å². The number of likely N-dealkylation sites (tertiary alicyclic amines) is 1. The number of piperidine rings is 2. The number of nitrogens with zero attached hydrogens (tertiary/aromatic N) is 2. The van der Waals surface area contributed by atoms with Crippen molar-refractivity contribution < 1.29 is 37.3 Å². The third kappa shape index (κ3) is 9.27. The number of hydrogen-bond donors (Lipinski definition) is 1. The summed E-state index contributed by atoms with van der Waals surface area (Å²) >= 11 is 0. The Kier molecular flexibility index (Phi) is 12.7. The van der Waals surface area contributed by atoms with Crippen molar-refractivity contribution in [3.8, 4) is 5.75 Å². The third-order valence-corrected chi connectivity index (χ3v) is 14.4. The molecule has 0 saturated carbocycles. The minimum atomic E-state index is -3.61. The topological polar surface area (TPSA) is 123 Å². The number of carboxylic acids is 1. The van der Waals surface area contributed by atoms with Gasteiger partial charge in [0.2, 0.25) is 10.0 Å². The highest BCUT2D eigenvalue weighted by Gasteiger charge is 2.52. The summed E-state index contributed by atoms with van der Waals surface area (Å²) in [6, 6.07) is 23.8. The van der Waals surface area contributed by atoms with Crippen LogP contribution in [0, 0.1) is 18.3 Å². The molecule has 11 heteroatoms. The molecule has 55 heavy (non-hydrogen) atoms. The molecule has 10 nitrogen and oxygen atoms in total. The molecule has 0 bridgehead atoms. The number of hydrogen-bond acceptors (Lipinski definition) is 7. The summed E-state index contributed by atoms with van der Waals surface area (Å²) in [7, 11) is -3.61. The van der Waals surface area contributed by atoms with E-state index in [0.29, 0.717) is 64.0 Å².